The molecule has 0 aromatic carbocycles. The van der Waals surface area contributed by atoms with Gasteiger partial charge in [-0.2, -0.15) is 0 Å². The molecule has 7 heteroatoms. The third-order valence-corrected chi connectivity index (χ3v) is 4.06. The first-order chi connectivity index (χ1) is 10.3. The second kappa shape index (κ2) is 6.46. The number of rotatable bonds is 5. The third kappa shape index (κ3) is 3.45. The van der Waals surface area contributed by atoms with Gasteiger partial charge >= 0.3 is 5.97 Å². The number of hydrogen-bond donors (Lipinski definition) is 1. The van der Waals surface area contributed by atoms with Gasteiger partial charge in [0.2, 0.25) is 5.91 Å². The van der Waals surface area contributed by atoms with Gasteiger partial charge in [-0.3, -0.25) is 4.79 Å². The third-order valence-electron chi connectivity index (χ3n) is 4.06. The summed E-state index contributed by atoms with van der Waals surface area (Å²) in [5.74, 6) is 0.992. The molecule has 0 saturated carbocycles. The molecule has 0 aliphatic carbocycles. The lowest BCUT2D eigenvalue weighted by Gasteiger charge is -2.34. The van der Waals surface area contributed by atoms with E-state index in [2.05, 4.69) is 24.0 Å². The van der Waals surface area contributed by atoms with Crippen LogP contribution < -0.4 is 0 Å². The summed E-state index contributed by atoms with van der Waals surface area (Å²) < 4.78 is 1.78. The Bertz CT molecular complexity index is 567. The van der Waals surface area contributed by atoms with E-state index >= 15 is 0 Å². The van der Waals surface area contributed by atoms with Crippen LogP contribution in [0.15, 0.2) is 0 Å². The van der Waals surface area contributed by atoms with Crippen LogP contribution >= 0.6 is 0 Å². The number of amides is 1. The fourth-order valence-electron chi connectivity index (χ4n) is 3.09. The van der Waals surface area contributed by atoms with Crippen molar-refractivity contribution < 1.29 is 14.7 Å². The zero-order valence-electron chi connectivity index (χ0n) is 13.6. The summed E-state index contributed by atoms with van der Waals surface area (Å²) in [4.78, 5) is 25.5. The minimum atomic E-state index is -0.983. The highest BCUT2D eigenvalue weighted by atomic mass is 16.4. The molecule has 7 nitrogen and oxygen atoms in total. The van der Waals surface area contributed by atoms with Gasteiger partial charge < -0.3 is 14.6 Å². The molecule has 2 heterocycles. The summed E-state index contributed by atoms with van der Waals surface area (Å²) in [6.07, 6.45) is 1.32. The van der Waals surface area contributed by atoms with Crippen molar-refractivity contribution in [3.8, 4) is 0 Å². The summed E-state index contributed by atoms with van der Waals surface area (Å²) >= 11 is 0. The molecule has 1 aromatic heterocycles. The lowest BCUT2D eigenvalue weighted by molar-refractivity contribution is -0.153. The Balaban J connectivity index is 2.14. The van der Waals surface area contributed by atoms with E-state index in [1.165, 1.54) is 4.90 Å². The van der Waals surface area contributed by atoms with E-state index in [1.807, 2.05) is 6.92 Å². The van der Waals surface area contributed by atoms with Crippen molar-refractivity contribution in [2.24, 2.45) is 11.8 Å². The maximum atomic E-state index is 12.5. The Kier molecular flexibility index (Phi) is 4.83. The highest BCUT2D eigenvalue weighted by Gasteiger charge is 2.36. The quantitative estimate of drug-likeness (QED) is 0.889. The number of aryl methyl sites for hydroxylation is 1. The van der Waals surface area contributed by atoms with Crippen molar-refractivity contribution in [2.75, 3.05) is 0 Å². The van der Waals surface area contributed by atoms with Crippen molar-refractivity contribution in [1.82, 2.24) is 19.7 Å². The molecule has 0 fully saturated rings. The number of carbonyl (C=O) groups is 2. The molecule has 2 unspecified atom stereocenters. The van der Waals surface area contributed by atoms with Gasteiger partial charge in [-0.15, -0.1) is 10.2 Å². The lowest BCUT2D eigenvalue weighted by Crippen LogP contribution is -2.51. The molecular formula is C15H24N4O3. The fourth-order valence-corrected chi connectivity index (χ4v) is 3.09. The van der Waals surface area contributed by atoms with Gasteiger partial charge in [0.25, 0.3) is 0 Å². The van der Waals surface area contributed by atoms with Crippen LogP contribution in [0.4, 0.5) is 0 Å². The van der Waals surface area contributed by atoms with E-state index < -0.39 is 12.0 Å². The van der Waals surface area contributed by atoms with E-state index in [0.717, 1.165) is 6.42 Å². The second-order valence-electron chi connectivity index (χ2n) is 6.59. The van der Waals surface area contributed by atoms with Crippen molar-refractivity contribution >= 4 is 11.9 Å². The van der Waals surface area contributed by atoms with Crippen molar-refractivity contribution in [1.29, 1.82) is 0 Å². The van der Waals surface area contributed by atoms with Gasteiger partial charge in [-0.25, -0.2) is 4.79 Å². The predicted octanol–water partition coefficient (Wildman–Crippen LogP) is 1.45. The van der Waals surface area contributed by atoms with Crippen molar-refractivity contribution in [3.63, 3.8) is 0 Å². The second-order valence-corrected chi connectivity index (χ2v) is 6.59. The largest absolute Gasteiger partial charge is 0.480 e. The van der Waals surface area contributed by atoms with E-state index in [4.69, 9.17) is 0 Å². The number of aromatic nitrogens is 3. The number of carboxylic acid groups (broad SMARTS) is 1. The molecule has 22 heavy (non-hydrogen) atoms. The molecule has 0 radical (unpaired) electrons. The molecule has 1 aromatic rings. The SMILES string of the molecule is Cc1nnc2n1CC(C(=O)O)N(C(=O)CC(C)CC(C)C)C2. The number of aliphatic carboxylic acids is 1. The van der Waals surface area contributed by atoms with Crippen LogP contribution in [-0.4, -0.2) is 42.7 Å². The molecule has 0 saturated heterocycles. The standard InChI is InChI=1S/C15H24N4O3/c1-9(2)5-10(3)6-14(20)19-8-13-17-16-11(4)18(13)7-12(19)15(21)22/h9-10,12H,5-8H2,1-4H3,(H,21,22). The van der Waals surface area contributed by atoms with E-state index in [9.17, 15) is 14.7 Å². The Morgan fingerprint density at radius 2 is 2.00 bits per heavy atom. The van der Waals surface area contributed by atoms with Crippen molar-refractivity contribution in [3.05, 3.63) is 11.6 Å². The topological polar surface area (TPSA) is 88.3 Å². The molecule has 122 valence electrons. The smallest absolute Gasteiger partial charge is 0.328 e. The Hall–Kier alpha value is -1.92. The maximum absolute atomic E-state index is 12.5. The van der Waals surface area contributed by atoms with Crippen LogP contribution in [-0.2, 0) is 22.7 Å². The normalized spacial score (nSPS) is 19.1. The Labute approximate surface area is 130 Å². The van der Waals surface area contributed by atoms with Gasteiger partial charge in [0.05, 0.1) is 13.1 Å². The van der Waals surface area contributed by atoms with E-state index in [-0.39, 0.29) is 24.9 Å². The summed E-state index contributed by atoms with van der Waals surface area (Å²) in [5.41, 5.74) is 0. The van der Waals surface area contributed by atoms with Crippen LogP contribution in [0.5, 0.6) is 0 Å². The van der Waals surface area contributed by atoms with Crippen molar-refractivity contribution in [2.45, 2.75) is 59.7 Å². The zero-order chi connectivity index (χ0) is 16.4. The Morgan fingerprint density at radius 1 is 1.32 bits per heavy atom. The first-order valence-electron chi connectivity index (χ1n) is 7.70. The molecule has 2 rings (SSSR count). The van der Waals surface area contributed by atoms with Gasteiger partial charge in [-0.1, -0.05) is 20.8 Å². The molecule has 1 N–H and O–H groups in total. The van der Waals surface area contributed by atoms with Gasteiger partial charge in [-0.05, 0) is 25.2 Å². The summed E-state index contributed by atoms with van der Waals surface area (Å²) in [5, 5.41) is 17.4. The van der Waals surface area contributed by atoms with Gasteiger partial charge in [0, 0.05) is 6.42 Å². The van der Waals surface area contributed by atoms with Crippen LogP contribution in [0.25, 0.3) is 0 Å². The molecule has 2 atom stereocenters. The molecule has 0 bridgehead atoms. The summed E-state index contributed by atoms with van der Waals surface area (Å²) in [7, 11) is 0. The fraction of sp³-hybridized carbons (Fsp3) is 0.733. The van der Waals surface area contributed by atoms with E-state index in [1.54, 1.807) is 11.5 Å². The van der Waals surface area contributed by atoms with Crippen LogP contribution in [0.1, 0.15) is 45.3 Å². The van der Waals surface area contributed by atoms with Gasteiger partial charge in [0.1, 0.15) is 11.9 Å². The lowest BCUT2D eigenvalue weighted by atomic mass is 9.95. The Morgan fingerprint density at radius 3 is 2.59 bits per heavy atom. The maximum Gasteiger partial charge on any atom is 0.328 e. The predicted molar refractivity (Wildman–Crippen MR) is 80.0 cm³/mol. The highest BCUT2D eigenvalue weighted by Crippen LogP contribution is 2.22. The first-order valence-corrected chi connectivity index (χ1v) is 7.70. The molecule has 1 aliphatic rings. The monoisotopic (exact) mass is 308 g/mol. The van der Waals surface area contributed by atoms with Gasteiger partial charge in [0.15, 0.2) is 5.82 Å². The summed E-state index contributed by atoms with van der Waals surface area (Å²) in [6, 6.07) is -0.846. The zero-order valence-corrected chi connectivity index (χ0v) is 13.6. The van der Waals surface area contributed by atoms with E-state index in [0.29, 0.717) is 24.0 Å². The molecule has 1 aliphatic heterocycles. The minimum Gasteiger partial charge on any atom is -0.480 e. The molecule has 1 amide bonds. The first kappa shape index (κ1) is 16.5. The van der Waals surface area contributed by atoms with Crippen LogP contribution in [0.2, 0.25) is 0 Å². The number of nitrogens with zero attached hydrogens (tertiary/aromatic N) is 4. The van der Waals surface area contributed by atoms with Crippen LogP contribution in [0, 0.1) is 18.8 Å². The number of hydrogen-bond acceptors (Lipinski definition) is 4. The number of fused-ring (bicyclic) bond motifs is 1. The molecular weight excluding hydrogens is 284 g/mol. The summed E-state index contributed by atoms with van der Waals surface area (Å²) in [6.45, 7) is 8.49. The number of carboxylic acids is 1. The average molecular weight is 308 g/mol. The minimum absolute atomic E-state index is 0.118. The molecule has 0 spiro atoms. The highest BCUT2D eigenvalue weighted by molar-refractivity contribution is 5.84. The average Bonchev–Trinajstić information content (AvgIpc) is 2.77. The van der Waals surface area contributed by atoms with Crippen LogP contribution in [0.3, 0.4) is 0 Å². The number of carbonyl (C=O) groups excluding carboxylic acids is 1.